The Kier molecular flexibility index (Phi) is 5.77. The van der Waals surface area contributed by atoms with E-state index in [4.69, 9.17) is 4.74 Å². The number of rotatable bonds is 6. The summed E-state index contributed by atoms with van der Waals surface area (Å²) < 4.78 is 45.8. The lowest BCUT2D eigenvalue weighted by Crippen LogP contribution is -2.41. The van der Waals surface area contributed by atoms with Crippen LogP contribution in [0, 0.1) is 0 Å². The first-order valence-electron chi connectivity index (χ1n) is 7.82. The molecule has 0 spiro atoms. The summed E-state index contributed by atoms with van der Waals surface area (Å²) in [6, 6.07) is 6.98. The zero-order chi connectivity index (χ0) is 17.7. The molecule has 136 valence electrons. The molecule has 25 heavy (non-hydrogen) atoms. The molecule has 1 fully saturated rings. The summed E-state index contributed by atoms with van der Waals surface area (Å²) in [4.78, 5) is 7.55. The lowest BCUT2D eigenvalue weighted by molar-refractivity contribution is -0.274. The smallest absolute Gasteiger partial charge is 0.404 e. The Morgan fingerprint density at radius 2 is 2.08 bits per heavy atom. The van der Waals surface area contributed by atoms with Gasteiger partial charge in [-0.1, -0.05) is 6.07 Å². The SMILES string of the molecule is FC(F)(F)Oc1ccc(NCC(c2cccs2)N2CCOCC2)nc1. The van der Waals surface area contributed by atoms with Crippen LogP contribution in [-0.4, -0.2) is 49.1 Å². The number of pyridine rings is 1. The Labute approximate surface area is 147 Å². The molecule has 0 radical (unpaired) electrons. The van der Waals surface area contributed by atoms with Crippen LogP contribution in [0.2, 0.25) is 0 Å². The van der Waals surface area contributed by atoms with E-state index in [0.29, 0.717) is 25.6 Å². The molecule has 0 amide bonds. The highest BCUT2D eigenvalue weighted by atomic mass is 32.1. The Bertz CT molecular complexity index is 644. The van der Waals surface area contributed by atoms with Crippen LogP contribution in [0.25, 0.3) is 0 Å². The summed E-state index contributed by atoms with van der Waals surface area (Å²) in [6.07, 6.45) is -3.65. The van der Waals surface area contributed by atoms with Crippen molar-refractivity contribution in [3.8, 4) is 5.75 Å². The van der Waals surface area contributed by atoms with E-state index in [0.717, 1.165) is 19.3 Å². The Hall–Kier alpha value is -1.84. The maximum Gasteiger partial charge on any atom is 0.573 e. The number of thiophene rings is 1. The number of hydrogen-bond acceptors (Lipinski definition) is 6. The van der Waals surface area contributed by atoms with Gasteiger partial charge in [0.1, 0.15) is 11.6 Å². The van der Waals surface area contributed by atoms with E-state index in [1.807, 2.05) is 11.4 Å². The van der Waals surface area contributed by atoms with Gasteiger partial charge in [-0.05, 0) is 23.6 Å². The van der Waals surface area contributed by atoms with Crippen LogP contribution < -0.4 is 10.1 Å². The molecule has 0 saturated carbocycles. The molecule has 0 aliphatic carbocycles. The minimum Gasteiger partial charge on any atom is -0.404 e. The Morgan fingerprint density at radius 1 is 1.28 bits per heavy atom. The van der Waals surface area contributed by atoms with Gasteiger partial charge in [0.25, 0.3) is 0 Å². The molecule has 3 heterocycles. The van der Waals surface area contributed by atoms with Crippen LogP contribution in [0.4, 0.5) is 19.0 Å². The molecular weight excluding hydrogens is 355 g/mol. The fraction of sp³-hybridized carbons (Fsp3) is 0.438. The normalized spacial score (nSPS) is 17.2. The minimum atomic E-state index is -4.71. The monoisotopic (exact) mass is 373 g/mol. The van der Waals surface area contributed by atoms with Gasteiger partial charge in [0.2, 0.25) is 0 Å². The van der Waals surface area contributed by atoms with Gasteiger partial charge in [-0.2, -0.15) is 0 Å². The van der Waals surface area contributed by atoms with E-state index in [9.17, 15) is 13.2 Å². The maximum absolute atomic E-state index is 12.2. The van der Waals surface area contributed by atoms with Gasteiger partial charge in [0.05, 0.1) is 25.5 Å². The molecular formula is C16H18F3N3O2S. The molecule has 1 aliphatic rings. The number of halogens is 3. The van der Waals surface area contributed by atoms with Crippen molar-refractivity contribution in [1.29, 1.82) is 0 Å². The summed E-state index contributed by atoms with van der Waals surface area (Å²) in [7, 11) is 0. The van der Waals surface area contributed by atoms with Gasteiger partial charge in [0.15, 0.2) is 0 Å². The van der Waals surface area contributed by atoms with E-state index in [1.54, 1.807) is 11.3 Å². The van der Waals surface area contributed by atoms with Crippen molar-refractivity contribution >= 4 is 17.2 Å². The Balaban J connectivity index is 1.62. The highest BCUT2D eigenvalue weighted by Crippen LogP contribution is 2.27. The second-order valence-corrected chi connectivity index (χ2v) is 6.47. The van der Waals surface area contributed by atoms with Crippen LogP contribution in [0.5, 0.6) is 5.75 Å². The number of ether oxygens (including phenoxy) is 2. The van der Waals surface area contributed by atoms with Gasteiger partial charge in [-0.15, -0.1) is 24.5 Å². The zero-order valence-electron chi connectivity index (χ0n) is 13.3. The molecule has 2 aromatic rings. The van der Waals surface area contributed by atoms with Crippen molar-refractivity contribution in [3.63, 3.8) is 0 Å². The van der Waals surface area contributed by atoms with E-state index < -0.39 is 6.36 Å². The minimum absolute atomic E-state index is 0.164. The van der Waals surface area contributed by atoms with Crippen LogP contribution in [0.1, 0.15) is 10.9 Å². The molecule has 2 aromatic heterocycles. The molecule has 0 bridgehead atoms. The number of anilines is 1. The summed E-state index contributed by atoms with van der Waals surface area (Å²) in [5.74, 6) is 0.172. The number of alkyl halides is 3. The van der Waals surface area contributed by atoms with Crippen LogP contribution in [0.3, 0.4) is 0 Å². The van der Waals surface area contributed by atoms with Crippen LogP contribution in [-0.2, 0) is 4.74 Å². The van der Waals surface area contributed by atoms with Gasteiger partial charge < -0.3 is 14.8 Å². The van der Waals surface area contributed by atoms with Crippen molar-refractivity contribution in [1.82, 2.24) is 9.88 Å². The van der Waals surface area contributed by atoms with Gasteiger partial charge >= 0.3 is 6.36 Å². The molecule has 1 unspecified atom stereocenters. The zero-order valence-corrected chi connectivity index (χ0v) is 14.1. The highest BCUT2D eigenvalue weighted by molar-refractivity contribution is 7.10. The lowest BCUT2D eigenvalue weighted by atomic mass is 10.2. The first kappa shape index (κ1) is 18.0. The van der Waals surface area contributed by atoms with E-state index >= 15 is 0 Å². The molecule has 9 heteroatoms. The van der Waals surface area contributed by atoms with Crippen molar-refractivity contribution in [3.05, 3.63) is 40.7 Å². The van der Waals surface area contributed by atoms with Crippen molar-refractivity contribution < 1.29 is 22.6 Å². The topological polar surface area (TPSA) is 46.6 Å². The second-order valence-electron chi connectivity index (χ2n) is 5.49. The standard InChI is InChI=1S/C16H18F3N3O2S/c17-16(18,19)24-12-3-4-15(20-10-12)21-11-13(14-2-1-9-25-14)22-5-7-23-8-6-22/h1-4,9-10,13H,5-8,11H2,(H,20,21). The van der Waals surface area contributed by atoms with Crippen LogP contribution in [0.15, 0.2) is 35.8 Å². The highest BCUT2D eigenvalue weighted by Gasteiger charge is 2.31. The van der Waals surface area contributed by atoms with Crippen molar-refractivity contribution in [2.24, 2.45) is 0 Å². The fourth-order valence-electron chi connectivity index (χ4n) is 2.66. The molecule has 1 aliphatic heterocycles. The molecule has 1 N–H and O–H groups in total. The largest absolute Gasteiger partial charge is 0.573 e. The summed E-state index contributed by atoms with van der Waals surface area (Å²) in [6.45, 7) is 3.69. The molecule has 3 rings (SSSR count). The average molecular weight is 373 g/mol. The molecule has 1 saturated heterocycles. The third-order valence-corrected chi connectivity index (χ3v) is 4.78. The molecule has 0 aromatic carbocycles. The summed E-state index contributed by atoms with van der Waals surface area (Å²) in [5.41, 5.74) is 0. The lowest BCUT2D eigenvalue weighted by Gasteiger charge is -2.34. The third-order valence-electron chi connectivity index (χ3n) is 3.80. The fourth-order valence-corrected chi connectivity index (χ4v) is 3.52. The summed E-state index contributed by atoms with van der Waals surface area (Å²) >= 11 is 1.68. The molecule has 5 nitrogen and oxygen atoms in total. The van der Waals surface area contributed by atoms with Gasteiger partial charge in [-0.25, -0.2) is 4.98 Å². The third kappa shape index (κ3) is 5.32. The summed E-state index contributed by atoms with van der Waals surface area (Å²) in [5, 5.41) is 5.23. The first-order valence-corrected chi connectivity index (χ1v) is 8.70. The van der Waals surface area contributed by atoms with E-state index in [-0.39, 0.29) is 11.8 Å². The second kappa shape index (κ2) is 8.03. The quantitative estimate of drug-likeness (QED) is 0.839. The average Bonchev–Trinajstić information content (AvgIpc) is 3.10. The number of aromatic nitrogens is 1. The predicted molar refractivity (Wildman–Crippen MR) is 88.9 cm³/mol. The first-order chi connectivity index (χ1) is 12.0. The predicted octanol–water partition coefficient (Wildman–Crippen LogP) is 3.53. The van der Waals surface area contributed by atoms with Crippen LogP contribution >= 0.6 is 11.3 Å². The van der Waals surface area contributed by atoms with Gasteiger partial charge in [-0.3, -0.25) is 4.90 Å². The number of nitrogens with one attached hydrogen (secondary N) is 1. The Morgan fingerprint density at radius 3 is 2.68 bits per heavy atom. The number of nitrogens with zero attached hydrogens (tertiary/aromatic N) is 2. The number of hydrogen-bond donors (Lipinski definition) is 1. The van der Waals surface area contributed by atoms with Crippen molar-refractivity contribution in [2.45, 2.75) is 12.4 Å². The maximum atomic E-state index is 12.2. The number of morpholine rings is 1. The van der Waals surface area contributed by atoms with Crippen molar-refractivity contribution in [2.75, 3.05) is 38.2 Å². The van der Waals surface area contributed by atoms with Gasteiger partial charge in [0, 0.05) is 24.5 Å². The van der Waals surface area contributed by atoms with E-state index in [2.05, 4.69) is 26.0 Å². The molecule has 1 atom stereocenters. The van der Waals surface area contributed by atoms with E-state index in [1.165, 1.54) is 17.0 Å².